The highest BCUT2D eigenvalue weighted by atomic mass is 16.5. The Morgan fingerprint density at radius 2 is 1.63 bits per heavy atom. The number of H-pyrrole nitrogens is 1. The van der Waals surface area contributed by atoms with Gasteiger partial charge in [0.05, 0.1) is 6.42 Å². The topological polar surface area (TPSA) is 89.1 Å². The van der Waals surface area contributed by atoms with Crippen molar-refractivity contribution in [2.45, 2.75) is 40.2 Å². The van der Waals surface area contributed by atoms with E-state index in [0.717, 1.165) is 33.2 Å². The van der Waals surface area contributed by atoms with E-state index in [1.807, 2.05) is 66.9 Å². The number of aromatic nitrogens is 2. The summed E-state index contributed by atoms with van der Waals surface area (Å²) in [6.07, 6.45) is 3.70. The van der Waals surface area contributed by atoms with Gasteiger partial charge in [-0.15, -0.1) is 0 Å². The highest BCUT2D eigenvalue weighted by Gasteiger charge is 2.27. The molecular weight excluding hydrogens is 440 g/mol. The zero-order valence-corrected chi connectivity index (χ0v) is 20.1. The molecule has 4 rings (SSSR count). The molecule has 0 aliphatic carbocycles. The molecule has 0 atom stereocenters. The predicted octanol–water partition coefficient (Wildman–Crippen LogP) is 5.24. The van der Waals surface area contributed by atoms with E-state index in [1.165, 1.54) is 0 Å². The SMILES string of the molecule is CC(C)(C)C(=O)C(=O)Cc1cccc(-c2c[nH]c3ncc(CC(=O)OCc4ccccc4)cc23)c1. The van der Waals surface area contributed by atoms with Gasteiger partial charge >= 0.3 is 5.97 Å². The van der Waals surface area contributed by atoms with E-state index in [2.05, 4.69) is 9.97 Å². The smallest absolute Gasteiger partial charge is 0.310 e. The van der Waals surface area contributed by atoms with Crippen LogP contribution in [-0.4, -0.2) is 27.5 Å². The lowest BCUT2D eigenvalue weighted by Crippen LogP contribution is -2.29. The fourth-order valence-electron chi connectivity index (χ4n) is 3.87. The molecule has 4 aromatic rings. The summed E-state index contributed by atoms with van der Waals surface area (Å²) in [5.74, 6) is -1.09. The van der Waals surface area contributed by atoms with Crippen LogP contribution >= 0.6 is 0 Å². The number of carbonyl (C=O) groups is 3. The molecule has 0 saturated carbocycles. The molecule has 2 aromatic heterocycles. The van der Waals surface area contributed by atoms with E-state index in [4.69, 9.17) is 4.74 Å². The zero-order chi connectivity index (χ0) is 25.0. The second-order valence-electron chi connectivity index (χ2n) is 9.64. The highest BCUT2D eigenvalue weighted by molar-refractivity contribution is 6.39. The minimum Gasteiger partial charge on any atom is -0.461 e. The van der Waals surface area contributed by atoms with Gasteiger partial charge in [-0.3, -0.25) is 14.4 Å². The number of rotatable bonds is 8. The van der Waals surface area contributed by atoms with Crippen molar-refractivity contribution in [1.29, 1.82) is 0 Å². The standard InChI is InChI=1S/C29H28N2O4/c1-29(2,3)27(34)25(32)14-20-10-7-11-22(12-20)24-17-31-28-23(24)13-21(16-30-28)15-26(33)35-18-19-8-5-4-6-9-19/h4-13,16-17H,14-15,18H2,1-3H3,(H,30,31). The maximum atomic E-state index is 12.5. The molecule has 178 valence electrons. The Hall–Kier alpha value is -4.06. The second kappa shape index (κ2) is 10.1. The number of carbonyl (C=O) groups excluding carboxylic acids is 3. The average molecular weight is 469 g/mol. The van der Waals surface area contributed by atoms with E-state index in [9.17, 15) is 14.4 Å². The summed E-state index contributed by atoms with van der Waals surface area (Å²) in [7, 11) is 0. The monoisotopic (exact) mass is 468 g/mol. The van der Waals surface area contributed by atoms with E-state index in [-0.39, 0.29) is 31.2 Å². The number of nitrogens with one attached hydrogen (secondary N) is 1. The first-order valence-corrected chi connectivity index (χ1v) is 11.5. The van der Waals surface area contributed by atoms with Gasteiger partial charge < -0.3 is 9.72 Å². The summed E-state index contributed by atoms with van der Waals surface area (Å²) in [5, 5.41) is 0.868. The third-order valence-electron chi connectivity index (χ3n) is 5.72. The van der Waals surface area contributed by atoms with Crippen molar-refractivity contribution >= 4 is 28.6 Å². The summed E-state index contributed by atoms with van der Waals surface area (Å²) >= 11 is 0. The van der Waals surface area contributed by atoms with Crippen molar-refractivity contribution in [2.24, 2.45) is 5.41 Å². The van der Waals surface area contributed by atoms with Crippen LogP contribution in [-0.2, 0) is 38.6 Å². The predicted molar refractivity (Wildman–Crippen MR) is 135 cm³/mol. The fraction of sp³-hybridized carbons (Fsp3) is 0.241. The molecule has 35 heavy (non-hydrogen) atoms. The normalized spacial score (nSPS) is 11.4. The molecule has 2 aromatic carbocycles. The van der Waals surface area contributed by atoms with Crippen LogP contribution in [0.4, 0.5) is 0 Å². The van der Waals surface area contributed by atoms with Crippen molar-refractivity contribution in [3.63, 3.8) is 0 Å². The number of fused-ring (bicyclic) bond motifs is 1. The molecule has 6 heteroatoms. The first-order chi connectivity index (χ1) is 16.7. The van der Waals surface area contributed by atoms with Crippen LogP contribution < -0.4 is 0 Å². The summed E-state index contributed by atoms with van der Waals surface area (Å²) in [6.45, 7) is 5.47. The third-order valence-corrected chi connectivity index (χ3v) is 5.72. The zero-order valence-electron chi connectivity index (χ0n) is 20.1. The number of pyridine rings is 1. The van der Waals surface area contributed by atoms with Crippen molar-refractivity contribution in [1.82, 2.24) is 9.97 Å². The van der Waals surface area contributed by atoms with Gasteiger partial charge in [0, 0.05) is 35.2 Å². The number of esters is 1. The number of hydrogen-bond donors (Lipinski definition) is 1. The Morgan fingerprint density at radius 1 is 0.886 bits per heavy atom. The van der Waals surface area contributed by atoms with Crippen molar-refractivity contribution in [3.05, 3.63) is 89.7 Å². The summed E-state index contributed by atoms with van der Waals surface area (Å²) < 4.78 is 5.40. The van der Waals surface area contributed by atoms with Gasteiger partial charge in [-0.2, -0.15) is 0 Å². The van der Waals surface area contributed by atoms with Crippen LogP contribution in [0.25, 0.3) is 22.2 Å². The van der Waals surface area contributed by atoms with Gasteiger partial charge in [0.15, 0.2) is 0 Å². The average Bonchev–Trinajstić information content (AvgIpc) is 3.26. The second-order valence-corrected chi connectivity index (χ2v) is 9.64. The molecule has 0 fully saturated rings. The quantitative estimate of drug-likeness (QED) is 0.282. The maximum Gasteiger partial charge on any atom is 0.310 e. The Bertz CT molecular complexity index is 1380. The number of Topliss-reactive ketones (excluding diaryl/α,β-unsaturated/α-hetero) is 2. The van der Waals surface area contributed by atoms with Crippen LogP contribution in [0.15, 0.2) is 73.1 Å². The molecule has 1 N–H and O–H groups in total. The lowest BCUT2D eigenvalue weighted by Gasteiger charge is -2.15. The molecule has 0 unspecified atom stereocenters. The van der Waals surface area contributed by atoms with E-state index >= 15 is 0 Å². The number of ether oxygens (including phenoxy) is 1. The van der Waals surface area contributed by atoms with E-state index < -0.39 is 11.2 Å². The molecule has 0 amide bonds. The van der Waals surface area contributed by atoms with Crippen molar-refractivity contribution in [3.8, 4) is 11.1 Å². The van der Waals surface area contributed by atoms with Gasteiger partial charge in [0.2, 0.25) is 11.6 Å². The maximum absolute atomic E-state index is 12.5. The lowest BCUT2D eigenvalue weighted by atomic mass is 9.86. The lowest BCUT2D eigenvalue weighted by molar-refractivity contribution is -0.144. The highest BCUT2D eigenvalue weighted by Crippen LogP contribution is 2.29. The van der Waals surface area contributed by atoms with Gasteiger partial charge in [-0.1, -0.05) is 75.4 Å². The molecule has 0 aliphatic rings. The van der Waals surface area contributed by atoms with Crippen LogP contribution in [0, 0.1) is 5.41 Å². The first kappa shape index (κ1) is 24.1. The number of hydrogen-bond acceptors (Lipinski definition) is 5. The van der Waals surface area contributed by atoms with Crippen LogP contribution in [0.3, 0.4) is 0 Å². The third kappa shape index (κ3) is 5.90. The summed E-state index contributed by atoms with van der Waals surface area (Å²) in [5.41, 5.74) is 4.26. The number of aromatic amines is 1. The Morgan fingerprint density at radius 3 is 2.37 bits per heavy atom. The van der Waals surface area contributed by atoms with Crippen molar-refractivity contribution in [2.75, 3.05) is 0 Å². The molecule has 2 heterocycles. The molecular formula is C29H28N2O4. The minimum absolute atomic E-state index is 0.0586. The van der Waals surface area contributed by atoms with Crippen LogP contribution in [0.2, 0.25) is 0 Å². The van der Waals surface area contributed by atoms with Crippen LogP contribution in [0.5, 0.6) is 0 Å². The van der Waals surface area contributed by atoms with Gasteiger partial charge in [0.25, 0.3) is 0 Å². The van der Waals surface area contributed by atoms with E-state index in [1.54, 1.807) is 27.0 Å². The minimum atomic E-state index is -0.699. The van der Waals surface area contributed by atoms with Gasteiger partial charge in [-0.25, -0.2) is 4.98 Å². The number of nitrogens with zero attached hydrogens (tertiary/aromatic N) is 1. The Labute approximate surface area is 204 Å². The summed E-state index contributed by atoms with van der Waals surface area (Å²) in [4.78, 5) is 44.8. The molecule has 0 bridgehead atoms. The number of benzene rings is 2. The van der Waals surface area contributed by atoms with Gasteiger partial charge in [0.1, 0.15) is 12.3 Å². The summed E-state index contributed by atoms with van der Waals surface area (Å²) in [6, 6.07) is 19.1. The first-order valence-electron chi connectivity index (χ1n) is 11.5. The molecule has 0 radical (unpaired) electrons. The molecule has 0 aliphatic heterocycles. The van der Waals surface area contributed by atoms with Gasteiger partial charge in [-0.05, 0) is 28.3 Å². The fourth-order valence-corrected chi connectivity index (χ4v) is 3.87. The largest absolute Gasteiger partial charge is 0.461 e. The Balaban J connectivity index is 1.51. The van der Waals surface area contributed by atoms with E-state index in [0.29, 0.717) is 5.65 Å². The number of ketones is 2. The Kier molecular flexibility index (Phi) is 6.92. The molecule has 0 saturated heterocycles. The van der Waals surface area contributed by atoms with Crippen LogP contribution in [0.1, 0.15) is 37.5 Å². The molecule has 6 nitrogen and oxygen atoms in total. The molecule has 0 spiro atoms. The van der Waals surface area contributed by atoms with Crippen molar-refractivity contribution < 1.29 is 19.1 Å².